The van der Waals surface area contributed by atoms with Gasteiger partial charge in [-0.05, 0) is 55.9 Å². The van der Waals surface area contributed by atoms with Gasteiger partial charge in [-0.1, -0.05) is 35.9 Å². The Balaban J connectivity index is 1.41. The van der Waals surface area contributed by atoms with Crippen LogP contribution in [0.5, 0.6) is 11.5 Å². The molecule has 2 unspecified atom stereocenters. The van der Waals surface area contributed by atoms with Crippen molar-refractivity contribution in [3.05, 3.63) is 53.6 Å². The number of fused-ring (bicyclic) bond motifs is 2. The zero-order chi connectivity index (χ0) is 17.9. The average molecular weight is 371 g/mol. The number of carbonyl (C=O) groups is 1. The molecule has 0 spiro atoms. The lowest BCUT2D eigenvalue weighted by atomic mass is 9.89. The normalized spacial score (nSPS) is 24.3. The number of amides is 1. The molecular formula is C21H23ClN2O2. The second kappa shape index (κ2) is 7.68. The second-order valence-electron chi connectivity index (χ2n) is 7.26. The molecule has 1 amide bonds. The van der Waals surface area contributed by atoms with E-state index in [0.717, 1.165) is 12.8 Å². The Labute approximate surface area is 158 Å². The van der Waals surface area contributed by atoms with Crippen molar-refractivity contribution in [3.8, 4) is 11.5 Å². The van der Waals surface area contributed by atoms with Gasteiger partial charge in [-0.15, -0.1) is 0 Å². The molecule has 4 rings (SSSR count). The molecule has 0 radical (unpaired) electrons. The van der Waals surface area contributed by atoms with Gasteiger partial charge in [0.25, 0.3) is 0 Å². The molecule has 2 fully saturated rings. The Morgan fingerprint density at radius 1 is 1.04 bits per heavy atom. The Hall–Kier alpha value is -2.04. The largest absolute Gasteiger partial charge is 0.454 e. The van der Waals surface area contributed by atoms with Crippen molar-refractivity contribution in [1.29, 1.82) is 0 Å². The summed E-state index contributed by atoms with van der Waals surface area (Å²) in [7, 11) is 0. The second-order valence-corrected chi connectivity index (χ2v) is 7.66. The third-order valence-electron chi connectivity index (χ3n) is 5.26. The molecule has 2 atom stereocenters. The van der Waals surface area contributed by atoms with E-state index in [4.69, 9.17) is 16.3 Å². The lowest BCUT2D eigenvalue weighted by Gasteiger charge is -2.28. The molecule has 2 bridgehead atoms. The molecule has 2 aromatic rings. The molecule has 2 saturated heterocycles. The number of carbonyl (C=O) groups excluding carboxylic acids is 1. The summed E-state index contributed by atoms with van der Waals surface area (Å²) in [5.41, 5.74) is 0.675. The molecule has 0 aromatic heterocycles. The number of benzene rings is 2. The first-order valence-corrected chi connectivity index (χ1v) is 9.62. The van der Waals surface area contributed by atoms with Crippen molar-refractivity contribution < 1.29 is 9.53 Å². The molecule has 2 aliphatic heterocycles. The Morgan fingerprint density at radius 2 is 1.69 bits per heavy atom. The van der Waals surface area contributed by atoms with Crippen LogP contribution in [-0.4, -0.2) is 18.0 Å². The first-order valence-electron chi connectivity index (χ1n) is 9.24. The number of piperidine rings is 1. The van der Waals surface area contributed by atoms with Crippen molar-refractivity contribution in [2.24, 2.45) is 5.92 Å². The highest BCUT2D eigenvalue weighted by atomic mass is 35.5. The molecule has 2 N–H and O–H groups in total. The van der Waals surface area contributed by atoms with E-state index < -0.39 is 0 Å². The zero-order valence-electron chi connectivity index (χ0n) is 14.6. The SMILES string of the molecule is O=C(CC1CC2CCC(C1)N2)Nc1ccccc1Oc1ccccc1Cl. The van der Waals surface area contributed by atoms with E-state index in [1.165, 1.54) is 12.8 Å². The van der Waals surface area contributed by atoms with Gasteiger partial charge in [0.1, 0.15) is 5.75 Å². The maximum absolute atomic E-state index is 12.6. The summed E-state index contributed by atoms with van der Waals surface area (Å²) in [6, 6.07) is 16.0. The molecule has 5 heteroatoms. The summed E-state index contributed by atoms with van der Waals surface area (Å²) in [5, 5.41) is 7.18. The zero-order valence-corrected chi connectivity index (χ0v) is 15.3. The number of nitrogens with one attached hydrogen (secondary N) is 2. The van der Waals surface area contributed by atoms with E-state index in [2.05, 4.69) is 10.6 Å². The number of ether oxygens (including phenoxy) is 1. The van der Waals surface area contributed by atoms with Crippen LogP contribution >= 0.6 is 11.6 Å². The van der Waals surface area contributed by atoms with E-state index in [1.54, 1.807) is 6.07 Å². The van der Waals surface area contributed by atoms with E-state index in [-0.39, 0.29) is 5.91 Å². The fourth-order valence-corrected chi connectivity index (χ4v) is 4.28. The van der Waals surface area contributed by atoms with Crippen molar-refractivity contribution in [1.82, 2.24) is 5.32 Å². The summed E-state index contributed by atoms with van der Waals surface area (Å²) in [6.45, 7) is 0. The maximum Gasteiger partial charge on any atom is 0.224 e. The maximum atomic E-state index is 12.6. The van der Waals surface area contributed by atoms with Crippen LogP contribution in [0, 0.1) is 5.92 Å². The molecule has 136 valence electrons. The van der Waals surface area contributed by atoms with E-state index in [0.29, 0.717) is 46.6 Å². The van der Waals surface area contributed by atoms with Crippen LogP contribution in [0.25, 0.3) is 0 Å². The molecular weight excluding hydrogens is 348 g/mol. The van der Waals surface area contributed by atoms with Crippen LogP contribution < -0.4 is 15.4 Å². The van der Waals surface area contributed by atoms with Gasteiger partial charge in [-0.3, -0.25) is 4.79 Å². The van der Waals surface area contributed by atoms with Gasteiger partial charge in [0.2, 0.25) is 5.91 Å². The van der Waals surface area contributed by atoms with Gasteiger partial charge in [0, 0.05) is 18.5 Å². The summed E-state index contributed by atoms with van der Waals surface area (Å²) in [6.07, 6.45) is 5.26. The highest BCUT2D eigenvalue weighted by Crippen LogP contribution is 2.35. The van der Waals surface area contributed by atoms with E-state index in [9.17, 15) is 4.79 Å². The van der Waals surface area contributed by atoms with Gasteiger partial charge in [-0.25, -0.2) is 0 Å². The number of para-hydroxylation sites is 3. The first kappa shape index (κ1) is 17.4. The van der Waals surface area contributed by atoms with Crippen molar-refractivity contribution in [3.63, 3.8) is 0 Å². The van der Waals surface area contributed by atoms with Gasteiger partial charge in [0.15, 0.2) is 5.75 Å². The Morgan fingerprint density at radius 3 is 2.42 bits per heavy atom. The predicted molar refractivity (Wildman–Crippen MR) is 104 cm³/mol. The first-order chi connectivity index (χ1) is 12.7. The summed E-state index contributed by atoms with van der Waals surface area (Å²) >= 11 is 6.18. The monoisotopic (exact) mass is 370 g/mol. The van der Waals surface area contributed by atoms with Crippen LogP contribution in [0.1, 0.15) is 32.1 Å². The van der Waals surface area contributed by atoms with Crippen LogP contribution in [0.2, 0.25) is 5.02 Å². The highest BCUT2D eigenvalue weighted by Gasteiger charge is 2.34. The third kappa shape index (κ3) is 4.02. The van der Waals surface area contributed by atoms with E-state index >= 15 is 0 Å². The molecule has 26 heavy (non-hydrogen) atoms. The number of rotatable bonds is 5. The summed E-state index contributed by atoms with van der Waals surface area (Å²) < 4.78 is 5.92. The van der Waals surface area contributed by atoms with Gasteiger partial charge < -0.3 is 15.4 Å². The van der Waals surface area contributed by atoms with Crippen molar-refractivity contribution in [2.45, 2.75) is 44.2 Å². The number of hydrogen-bond donors (Lipinski definition) is 2. The standard InChI is InChI=1S/C21H23ClN2O2/c22-17-5-1-3-7-19(17)26-20-8-4-2-6-18(20)24-21(25)13-14-11-15-9-10-16(12-14)23-15/h1-8,14-16,23H,9-13H2,(H,24,25). The quantitative estimate of drug-likeness (QED) is 0.779. The summed E-state index contributed by atoms with van der Waals surface area (Å²) in [5.74, 6) is 1.68. The lowest BCUT2D eigenvalue weighted by molar-refractivity contribution is -0.117. The molecule has 4 nitrogen and oxygen atoms in total. The van der Waals surface area contributed by atoms with E-state index in [1.807, 2.05) is 42.5 Å². The molecule has 2 aliphatic rings. The Bertz CT molecular complexity index is 783. The lowest BCUT2D eigenvalue weighted by Crippen LogP contribution is -2.39. The smallest absolute Gasteiger partial charge is 0.224 e. The predicted octanol–water partition coefficient (Wildman–Crippen LogP) is 4.99. The molecule has 2 heterocycles. The van der Waals surface area contributed by atoms with Crippen molar-refractivity contribution >= 4 is 23.2 Å². The molecule has 2 aromatic carbocycles. The topological polar surface area (TPSA) is 50.4 Å². The third-order valence-corrected chi connectivity index (χ3v) is 5.57. The minimum Gasteiger partial charge on any atom is -0.454 e. The fourth-order valence-electron chi connectivity index (χ4n) is 4.11. The number of anilines is 1. The van der Waals surface area contributed by atoms with Gasteiger partial charge in [0.05, 0.1) is 10.7 Å². The molecule has 0 saturated carbocycles. The van der Waals surface area contributed by atoms with Crippen molar-refractivity contribution in [2.75, 3.05) is 5.32 Å². The van der Waals surface area contributed by atoms with Crippen LogP contribution in [0.15, 0.2) is 48.5 Å². The number of halogens is 1. The summed E-state index contributed by atoms with van der Waals surface area (Å²) in [4.78, 5) is 12.6. The van der Waals surface area contributed by atoms with Crippen LogP contribution in [-0.2, 0) is 4.79 Å². The highest BCUT2D eigenvalue weighted by molar-refractivity contribution is 6.32. The van der Waals surface area contributed by atoms with Crippen LogP contribution in [0.4, 0.5) is 5.69 Å². The fraction of sp³-hybridized carbons (Fsp3) is 0.381. The van der Waals surface area contributed by atoms with Crippen LogP contribution in [0.3, 0.4) is 0 Å². The van der Waals surface area contributed by atoms with Gasteiger partial charge in [-0.2, -0.15) is 0 Å². The van der Waals surface area contributed by atoms with Gasteiger partial charge >= 0.3 is 0 Å². The molecule has 0 aliphatic carbocycles. The average Bonchev–Trinajstić information content (AvgIpc) is 2.97. The Kier molecular flexibility index (Phi) is 5.14. The number of hydrogen-bond acceptors (Lipinski definition) is 3. The minimum atomic E-state index is 0.0477. The minimum absolute atomic E-state index is 0.0477.